The fourth-order valence-electron chi connectivity index (χ4n) is 1.97. The summed E-state index contributed by atoms with van der Waals surface area (Å²) in [6, 6.07) is 12.2. The van der Waals surface area contributed by atoms with E-state index >= 15 is 0 Å². The second kappa shape index (κ2) is 6.89. The summed E-state index contributed by atoms with van der Waals surface area (Å²) in [5, 5.41) is 9.60. The number of benzene rings is 2. The van der Waals surface area contributed by atoms with Crippen molar-refractivity contribution in [2.75, 3.05) is 5.73 Å². The summed E-state index contributed by atoms with van der Waals surface area (Å²) in [6.45, 7) is 0. The molecule has 0 aliphatic carbocycles. The van der Waals surface area contributed by atoms with Crippen LogP contribution in [0.25, 0.3) is 11.3 Å². The second-order valence-corrected chi connectivity index (χ2v) is 7.69. The summed E-state index contributed by atoms with van der Waals surface area (Å²) >= 11 is 7.05. The molecule has 1 heterocycles. The maximum Gasteiger partial charge on any atom is 0.182 e. The summed E-state index contributed by atoms with van der Waals surface area (Å²) in [5.41, 5.74) is 7.51. The Bertz CT molecular complexity index is 1030. The van der Waals surface area contributed by atoms with Gasteiger partial charge in [0.15, 0.2) is 10.1 Å². The standard InChI is InChI=1S/C15H11ClN4O3S2/c16-10-3-1-9(2-4-10)13-14(24-15(17)18-13)20-19-11-5-7-12(8-6-11)25(21,22)23/h1-8H,(H2,17,18)(H,21,22,23)/p-1. The summed E-state index contributed by atoms with van der Waals surface area (Å²) < 4.78 is 32.7. The molecule has 0 bridgehead atoms. The molecule has 0 spiro atoms. The fraction of sp³-hybridized carbons (Fsp3) is 0. The third-order valence-corrected chi connectivity index (χ3v) is 5.00. The summed E-state index contributed by atoms with van der Waals surface area (Å²) in [6.07, 6.45) is 0. The van der Waals surface area contributed by atoms with Crippen LogP contribution in [0.2, 0.25) is 5.02 Å². The summed E-state index contributed by atoms with van der Waals surface area (Å²) in [4.78, 5) is 3.92. The van der Waals surface area contributed by atoms with Crippen LogP contribution in [-0.4, -0.2) is 18.0 Å². The van der Waals surface area contributed by atoms with Gasteiger partial charge in [-0.25, -0.2) is 13.4 Å². The van der Waals surface area contributed by atoms with E-state index in [2.05, 4.69) is 15.2 Å². The van der Waals surface area contributed by atoms with Crippen LogP contribution in [0.3, 0.4) is 0 Å². The molecule has 0 aliphatic rings. The minimum absolute atomic E-state index is 0.324. The Hall–Kier alpha value is -2.33. The van der Waals surface area contributed by atoms with Gasteiger partial charge >= 0.3 is 0 Å². The lowest BCUT2D eigenvalue weighted by atomic mass is 10.2. The number of anilines is 1. The van der Waals surface area contributed by atoms with Crippen LogP contribution in [0.15, 0.2) is 63.7 Å². The van der Waals surface area contributed by atoms with Gasteiger partial charge in [0.25, 0.3) is 0 Å². The number of hydrogen-bond donors (Lipinski definition) is 1. The number of aromatic nitrogens is 1. The highest BCUT2D eigenvalue weighted by atomic mass is 35.5. The second-order valence-electron chi connectivity index (χ2n) is 4.86. The molecule has 0 atom stereocenters. The first-order valence-corrected chi connectivity index (χ1v) is 9.43. The third kappa shape index (κ3) is 4.20. The quantitative estimate of drug-likeness (QED) is 0.521. The van der Waals surface area contributed by atoms with Crippen LogP contribution < -0.4 is 5.73 Å². The SMILES string of the molecule is Nc1nc(-c2ccc(Cl)cc2)c(N=Nc2ccc(S(=O)(=O)[O-])cc2)s1. The number of rotatable bonds is 4. The summed E-state index contributed by atoms with van der Waals surface area (Å²) in [7, 11) is -4.49. The van der Waals surface area contributed by atoms with E-state index in [0.717, 1.165) is 5.56 Å². The zero-order valence-corrected chi connectivity index (χ0v) is 14.8. The molecule has 0 saturated carbocycles. The molecule has 0 saturated heterocycles. The third-order valence-electron chi connectivity index (χ3n) is 3.13. The van der Waals surface area contributed by atoms with Gasteiger partial charge in [0.05, 0.1) is 10.6 Å². The number of azo groups is 1. The molecule has 0 aliphatic heterocycles. The van der Waals surface area contributed by atoms with E-state index in [1.807, 2.05) is 0 Å². The van der Waals surface area contributed by atoms with Crippen molar-refractivity contribution in [2.24, 2.45) is 10.2 Å². The van der Waals surface area contributed by atoms with E-state index in [-0.39, 0.29) is 4.90 Å². The molecule has 0 amide bonds. The van der Waals surface area contributed by atoms with Gasteiger partial charge in [0.2, 0.25) is 0 Å². The highest BCUT2D eigenvalue weighted by molar-refractivity contribution is 7.85. The van der Waals surface area contributed by atoms with Gasteiger partial charge in [-0.3, -0.25) is 0 Å². The first kappa shape index (κ1) is 17.5. The Morgan fingerprint density at radius 2 is 1.68 bits per heavy atom. The van der Waals surface area contributed by atoms with Crippen LogP contribution in [-0.2, 0) is 10.1 Å². The molecule has 0 radical (unpaired) electrons. The monoisotopic (exact) mass is 393 g/mol. The van der Waals surface area contributed by atoms with E-state index in [9.17, 15) is 13.0 Å². The first-order chi connectivity index (χ1) is 11.8. The van der Waals surface area contributed by atoms with E-state index < -0.39 is 10.1 Å². The number of hydrogen-bond acceptors (Lipinski definition) is 8. The van der Waals surface area contributed by atoms with Crippen molar-refractivity contribution in [3.05, 3.63) is 53.6 Å². The highest BCUT2D eigenvalue weighted by Crippen LogP contribution is 2.38. The number of nitrogen functional groups attached to an aromatic ring is 1. The highest BCUT2D eigenvalue weighted by Gasteiger charge is 2.11. The Labute approximate surface area is 152 Å². The van der Waals surface area contributed by atoms with Gasteiger partial charge in [-0.2, -0.15) is 0 Å². The lowest BCUT2D eigenvalue weighted by Gasteiger charge is -2.05. The topological polar surface area (TPSA) is 121 Å². The number of thiazole rings is 1. The normalized spacial score (nSPS) is 11.9. The van der Waals surface area contributed by atoms with Crippen molar-refractivity contribution in [1.29, 1.82) is 0 Å². The predicted molar refractivity (Wildman–Crippen MR) is 95.6 cm³/mol. The molecule has 0 fully saturated rings. The van der Waals surface area contributed by atoms with Crippen molar-refractivity contribution in [3.8, 4) is 11.3 Å². The van der Waals surface area contributed by atoms with Gasteiger partial charge in [-0.05, 0) is 36.4 Å². The van der Waals surface area contributed by atoms with Crippen molar-refractivity contribution < 1.29 is 13.0 Å². The minimum Gasteiger partial charge on any atom is -0.744 e. The maximum atomic E-state index is 10.9. The van der Waals surface area contributed by atoms with Crippen LogP contribution in [0.4, 0.5) is 15.8 Å². The lowest BCUT2D eigenvalue weighted by Crippen LogP contribution is -1.97. The minimum atomic E-state index is -4.49. The molecule has 0 unspecified atom stereocenters. The number of nitrogens with two attached hydrogens (primary N) is 1. The zero-order chi connectivity index (χ0) is 18.0. The van der Waals surface area contributed by atoms with Crippen LogP contribution in [0.5, 0.6) is 0 Å². The van der Waals surface area contributed by atoms with Crippen molar-refractivity contribution >= 4 is 48.9 Å². The van der Waals surface area contributed by atoms with Crippen LogP contribution in [0.1, 0.15) is 0 Å². The Morgan fingerprint density at radius 1 is 1.04 bits per heavy atom. The maximum absolute atomic E-state index is 10.9. The molecular weight excluding hydrogens is 384 g/mol. The molecule has 1 aromatic heterocycles. The van der Waals surface area contributed by atoms with Gasteiger partial charge in [0, 0.05) is 10.6 Å². The van der Waals surface area contributed by atoms with Gasteiger partial charge in [0.1, 0.15) is 15.8 Å². The van der Waals surface area contributed by atoms with Crippen molar-refractivity contribution in [2.45, 2.75) is 4.90 Å². The van der Waals surface area contributed by atoms with Gasteiger partial charge < -0.3 is 10.3 Å². The fourth-order valence-corrected chi connectivity index (χ4v) is 3.25. The van der Waals surface area contributed by atoms with E-state index in [4.69, 9.17) is 17.3 Å². The molecule has 7 nitrogen and oxygen atoms in total. The van der Waals surface area contributed by atoms with E-state index in [0.29, 0.717) is 26.5 Å². The molecule has 128 valence electrons. The predicted octanol–water partition coefficient (Wildman–Crippen LogP) is 4.37. The van der Waals surface area contributed by atoms with Gasteiger partial charge in [-0.1, -0.05) is 35.1 Å². The average molecular weight is 394 g/mol. The largest absolute Gasteiger partial charge is 0.744 e. The number of halogens is 1. The van der Waals surface area contributed by atoms with Gasteiger partial charge in [-0.15, -0.1) is 10.2 Å². The molecule has 3 rings (SSSR count). The Kier molecular flexibility index (Phi) is 4.82. The van der Waals surface area contributed by atoms with Crippen LogP contribution >= 0.6 is 22.9 Å². The Balaban J connectivity index is 1.90. The van der Waals surface area contributed by atoms with Crippen molar-refractivity contribution in [3.63, 3.8) is 0 Å². The smallest absolute Gasteiger partial charge is 0.182 e. The molecule has 25 heavy (non-hydrogen) atoms. The zero-order valence-electron chi connectivity index (χ0n) is 12.5. The Morgan fingerprint density at radius 3 is 2.28 bits per heavy atom. The van der Waals surface area contributed by atoms with E-state index in [1.165, 1.54) is 35.6 Å². The lowest BCUT2D eigenvalue weighted by molar-refractivity contribution is 0.463. The van der Waals surface area contributed by atoms with Crippen LogP contribution in [0, 0.1) is 0 Å². The molecule has 10 heteroatoms. The molecule has 2 aromatic carbocycles. The summed E-state index contributed by atoms with van der Waals surface area (Å²) in [5.74, 6) is 0. The number of nitrogens with zero attached hydrogens (tertiary/aromatic N) is 3. The first-order valence-electron chi connectivity index (χ1n) is 6.83. The molecule has 2 N–H and O–H groups in total. The molecule has 3 aromatic rings. The van der Waals surface area contributed by atoms with E-state index in [1.54, 1.807) is 24.3 Å². The average Bonchev–Trinajstić information content (AvgIpc) is 2.94. The van der Waals surface area contributed by atoms with Crippen molar-refractivity contribution in [1.82, 2.24) is 4.98 Å². The molecular formula is C15H10ClN4O3S2-.